The van der Waals surface area contributed by atoms with Crippen molar-refractivity contribution in [1.29, 1.82) is 0 Å². The monoisotopic (exact) mass is 246 g/mol. The van der Waals surface area contributed by atoms with Gasteiger partial charge < -0.3 is 10.8 Å². The SMILES string of the molecule is Cc1ccc(N2C(=O)CC(C(=O)O)=C2N)c(C)c1. The third-order valence-corrected chi connectivity index (χ3v) is 2.98. The van der Waals surface area contributed by atoms with E-state index in [1.165, 1.54) is 4.90 Å². The minimum atomic E-state index is -1.15. The lowest BCUT2D eigenvalue weighted by Gasteiger charge is -2.20. The van der Waals surface area contributed by atoms with E-state index in [9.17, 15) is 9.59 Å². The molecule has 1 aliphatic heterocycles. The number of hydrogen-bond donors (Lipinski definition) is 2. The van der Waals surface area contributed by atoms with Crippen LogP contribution in [-0.4, -0.2) is 17.0 Å². The van der Waals surface area contributed by atoms with E-state index in [1.54, 1.807) is 6.07 Å². The molecule has 0 saturated carbocycles. The number of anilines is 1. The van der Waals surface area contributed by atoms with Crippen LogP contribution in [0.4, 0.5) is 5.69 Å². The maximum Gasteiger partial charge on any atom is 0.335 e. The average molecular weight is 246 g/mol. The van der Waals surface area contributed by atoms with Gasteiger partial charge in [0.2, 0.25) is 5.91 Å². The van der Waals surface area contributed by atoms with E-state index in [0.717, 1.165) is 11.1 Å². The molecule has 94 valence electrons. The molecule has 5 heteroatoms. The average Bonchev–Trinajstić information content (AvgIpc) is 2.56. The number of carboxylic acid groups (broad SMARTS) is 1. The minimum absolute atomic E-state index is 0.0134. The lowest BCUT2D eigenvalue weighted by atomic mass is 10.1. The summed E-state index contributed by atoms with van der Waals surface area (Å²) in [5.74, 6) is -1.44. The number of carbonyl (C=O) groups excluding carboxylic acids is 1. The van der Waals surface area contributed by atoms with Gasteiger partial charge in [0.05, 0.1) is 17.7 Å². The molecule has 1 aromatic carbocycles. The number of hydrogen-bond acceptors (Lipinski definition) is 3. The Balaban J connectivity index is 2.51. The number of rotatable bonds is 2. The van der Waals surface area contributed by atoms with E-state index in [4.69, 9.17) is 10.8 Å². The first-order valence-corrected chi connectivity index (χ1v) is 5.54. The van der Waals surface area contributed by atoms with Crippen LogP contribution in [0.3, 0.4) is 0 Å². The van der Waals surface area contributed by atoms with E-state index in [-0.39, 0.29) is 23.7 Å². The van der Waals surface area contributed by atoms with Crippen LogP contribution in [0.1, 0.15) is 17.5 Å². The van der Waals surface area contributed by atoms with E-state index in [1.807, 2.05) is 26.0 Å². The highest BCUT2D eigenvalue weighted by atomic mass is 16.4. The van der Waals surface area contributed by atoms with Crippen molar-refractivity contribution in [3.8, 4) is 0 Å². The number of carboxylic acids is 1. The van der Waals surface area contributed by atoms with Crippen molar-refractivity contribution in [1.82, 2.24) is 0 Å². The number of aliphatic carboxylic acids is 1. The maximum atomic E-state index is 11.9. The summed E-state index contributed by atoms with van der Waals surface area (Å²) in [4.78, 5) is 24.1. The fraction of sp³-hybridized carbons (Fsp3) is 0.231. The van der Waals surface area contributed by atoms with Gasteiger partial charge in [0.25, 0.3) is 0 Å². The zero-order valence-corrected chi connectivity index (χ0v) is 10.2. The molecule has 0 spiro atoms. The van der Waals surface area contributed by atoms with E-state index >= 15 is 0 Å². The number of aryl methyl sites for hydroxylation is 2. The van der Waals surface area contributed by atoms with Gasteiger partial charge in [-0.3, -0.25) is 9.69 Å². The molecular weight excluding hydrogens is 232 g/mol. The summed E-state index contributed by atoms with van der Waals surface area (Å²) in [6, 6.07) is 5.57. The fourth-order valence-electron chi connectivity index (χ4n) is 2.10. The van der Waals surface area contributed by atoms with Crippen LogP contribution in [0.2, 0.25) is 0 Å². The van der Waals surface area contributed by atoms with Gasteiger partial charge in [-0.05, 0) is 25.5 Å². The first-order valence-electron chi connectivity index (χ1n) is 5.54. The molecule has 1 aliphatic rings. The fourth-order valence-corrected chi connectivity index (χ4v) is 2.10. The molecule has 2 rings (SSSR count). The normalized spacial score (nSPS) is 15.4. The molecule has 0 atom stereocenters. The second-order valence-corrected chi connectivity index (χ2v) is 4.36. The molecule has 0 aromatic heterocycles. The van der Waals surface area contributed by atoms with Crippen LogP contribution in [0.15, 0.2) is 29.6 Å². The molecule has 0 bridgehead atoms. The van der Waals surface area contributed by atoms with Crippen molar-refractivity contribution in [2.24, 2.45) is 5.73 Å². The number of benzene rings is 1. The quantitative estimate of drug-likeness (QED) is 0.823. The van der Waals surface area contributed by atoms with E-state index < -0.39 is 5.97 Å². The summed E-state index contributed by atoms with van der Waals surface area (Å²) in [6.07, 6.45) is -0.158. The summed E-state index contributed by atoms with van der Waals surface area (Å²) in [7, 11) is 0. The van der Waals surface area contributed by atoms with E-state index in [2.05, 4.69) is 0 Å². The smallest absolute Gasteiger partial charge is 0.335 e. The maximum absolute atomic E-state index is 11.9. The summed E-state index contributed by atoms with van der Waals surface area (Å²) in [5.41, 5.74) is 8.31. The van der Waals surface area contributed by atoms with Crippen LogP contribution < -0.4 is 10.6 Å². The highest BCUT2D eigenvalue weighted by molar-refractivity contribution is 6.08. The predicted octanol–water partition coefficient (Wildman–Crippen LogP) is 1.30. The van der Waals surface area contributed by atoms with Gasteiger partial charge >= 0.3 is 5.97 Å². The minimum Gasteiger partial charge on any atom is -0.478 e. The molecule has 1 heterocycles. The molecule has 1 aromatic rings. The zero-order chi connectivity index (χ0) is 13.4. The van der Waals surface area contributed by atoms with Crippen LogP contribution in [0.25, 0.3) is 0 Å². The number of carbonyl (C=O) groups is 2. The van der Waals surface area contributed by atoms with Crippen molar-refractivity contribution in [3.63, 3.8) is 0 Å². The second kappa shape index (κ2) is 4.18. The summed E-state index contributed by atoms with van der Waals surface area (Å²) < 4.78 is 0. The van der Waals surface area contributed by atoms with Gasteiger partial charge in [-0.15, -0.1) is 0 Å². The van der Waals surface area contributed by atoms with Gasteiger partial charge in [-0.1, -0.05) is 17.7 Å². The number of nitrogens with two attached hydrogens (primary N) is 1. The Morgan fingerprint density at radius 3 is 2.56 bits per heavy atom. The topological polar surface area (TPSA) is 83.6 Å². The molecule has 0 unspecified atom stereocenters. The predicted molar refractivity (Wildman–Crippen MR) is 66.9 cm³/mol. The van der Waals surface area contributed by atoms with Crippen molar-refractivity contribution in [2.45, 2.75) is 20.3 Å². The third kappa shape index (κ3) is 1.84. The molecule has 0 fully saturated rings. The lowest BCUT2D eigenvalue weighted by molar-refractivity contribution is -0.133. The summed E-state index contributed by atoms with van der Waals surface area (Å²) >= 11 is 0. The largest absolute Gasteiger partial charge is 0.478 e. The highest BCUT2D eigenvalue weighted by Crippen LogP contribution is 2.30. The van der Waals surface area contributed by atoms with Gasteiger partial charge in [-0.25, -0.2) is 4.79 Å². The Bertz CT molecular complexity index is 576. The summed E-state index contributed by atoms with van der Waals surface area (Å²) in [6.45, 7) is 3.81. The molecular formula is C13H14N2O3. The van der Waals surface area contributed by atoms with Gasteiger partial charge in [0.1, 0.15) is 5.82 Å². The van der Waals surface area contributed by atoms with Crippen LogP contribution >= 0.6 is 0 Å². The molecule has 0 saturated heterocycles. The molecule has 3 N–H and O–H groups in total. The zero-order valence-electron chi connectivity index (χ0n) is 10.2. The second-order valence-electron chi connectivity index (χ2n) is 4.36. The Kier molecular flexibility index (Phi) is 2.82. The molecule has 18 heavy (non-hydrogen) atoms. The van der Waals surface area contributed by atoms with Crippen molar-refractivity contribution >= 4 is 17.6 Å². The molecule has 0 aliphatic carbocycles. The first-order chi connectivity index (χ1) is 8.41. The van der Waals surface area contributed by atoms with Crippen molar-refractivity contribution in [3.05, 3.63) is 40.7 Å². The number of nitrogens with zero attached hydrogens (tertiary/aromatic N) is 1. The third-order valence-electron chi connectivity index (χ3n) is 2.98. The standard InChI is InChI=1S/C13H14N2O3/c1-7-3-4-10(8(2)5-7)15-11(16)6-9(12(15)14)13(17)18/h3-5H,6,14H2,1-2H3,(H,17,18). The number of amides is 1. The molecule has 5 nitrogen and oxygen atoms in total. The Labute approximate surface area is 105 Å². The van der Waals surface area contributed by atoms with Crippen molar-refractivity contribution < 1.29 is 14.7 Å². The summed E-state index contributed by atoms with van der Waals surface area (Å²) in [5, 5.41) is 8.96. The Hall–Kier alpha value is -2.30. The Morgan fingerprint density at radius 2 is 2.06 bits per heavy atom. The van der Waals surface area contributed by atoms with Crippen LogP contribution in [0.5, 0.6) is 0 Å². The van der Waals surface area contributed by atoms with E-state index in [0.29, 0.717) is 5.69 Å². The first kappa shape index (κ1) is 12.2. The van der Waals surface area contributed by atoms with Crippen LogP contribution in [0, 0.1) is 13.8 Å². The van der Waals surface area contributed by atoms with Crippen molar-refractivity contribution in [2.75, 3.05) is 4.90 Å². The Morgan fingerprint density at radius 1 is 1.39 bits per heavy atom. The lowest BCUT2D eigenvalue weighted by Crippen LogP contribution is -2.29. The van der Waals surface area contributed by atoms with Gasteiger partial charge in [0.15, 0.2) is 0 Å². The molecule has 0 radical (unpaired) electrons. The van der Waals surface area contributed by atoms with Gasteiger partial charge in [-0.2, -0.15) is 0 Å². The van der Waals surface area contributed by atoms with Crippen LogP contribution in [-0.2, 0) is 9.59 Å². The molecule has 1 amide bonds. The van der Waals surface area contributed by atoms with Gasteiger partial charge in [0, 0.05) is 0 Å². The highest BCUT2D eigenvalue weighted by Gasteiger charge is 2.33.